The van der Waals surface area contributed by atoms with Crippen molar-refractivity contribution in [3.63, 3.8) is 0 Å². The molecular weight excluding hydrogens is 292 g/mol. The molecule has 0 spiro atoms. The van der Waals surface area contributed by atoms with Crippen molar-refractivity contribution in [2.24, 2.45) is 5.92 Å². The largest absolute Gasteiger partial charge is 0.444 e. The van der Waals surface area contributed by atoms with Gasteiger partial charge in [0.05, 0.1) is 5.69 Å². The molecule has 2 rings (SSSR count). The van der Waals surface area contributed by atoms with E-state index in [1.165, 1.54) is 0 Å². The lowest BCUT2D eigenvalue weighted by Crippen LogP contribution is -2.16. The van der Waals surface area contributed by atoms with Gasteiger partial charge in [-0.15, -0.1) is 0 Å². The summed E-state index contributed by atoms with van der Waals surface area (Å²) in [7, 11) is 0. The van der Waals surface area contributed by atoms with Gasteiger partial charge < -0.3 is 4.74 Å². The maximum Gasteiger partial charge on any atom is 0.413 e. The Morgan fingerprint density at radius 3 is 2.52 bits per heavy atom. The quantitative estimate of drug-likeness (QED) is 0.885. The number of benzene rings is 1. The molecule has 1 N–H and O–H groups in total. The third-order valence-electron chi connectivity index (χ3n) is 3.25. The van der Waals surface area contributed by atoms with Gasteiger partial charge in [-0.05, 0) is 17.7 Å². The summed E-state index contributed by atoms with van der Waals surface area (Å²) in [6.45, 7) is 3.90. The van der Waals surface area contributed by atoms with E-state index in [9.17, 15) is 9.59 Å². The molecule has 0 atom stereocenters. The number of carbonyl (C=O) groups excluding carboxylic acids is 2. The molecule has 5 heteroatoms. The lowest BCUT2D eigenvalue weighted by molar-refractivity contribution is -0.121. The number of rotatable bonds is 6. The molecule has 0 saturated carbocycles. The summed E-state index contributed by atoms with van der Waals surface area (Å²) in [5.74, 6) is 0.447. The molecule has 0 radical (unpaired) electrons. The molecule has 120 valence electrons. The Hall–Kier alpha value is -2.69. The topological polar surface area (TPSA) is 68.3 Å². The Balaban J connectivity index is 1.89. The van der Waals surface area contributed by atoms with E-state index in [4.69, 9.17) is 4.74 Å². The lowest BCUT2D eigenvalue weighted by atomic mass is 10.0. The molecule has 0 bridgehead atoms. The number of nitrogens with one attached hydrogen (secondary N) is 1. The Bertz CT molecular complexity index is 669. The highest BCUT2D eigenvalue weighted by molar-refractivity contribution is 5.84. The first-order chi connectivity index (χ1) is 11.0. The predicted octanol–water partition coefficient (Wildman–Crippen LogP) is 3.60. The minimum absolute atomic E-state index is 0.0377. The molecule has 1 heterocycles. The number of amides is 1. The molecular formula is C18H20N2O3. The van der Waals surface area contributed by atoms with Crippen molar-refractivity contribution >= 4 is 17.7 Å². The molecule has 0 aliphatic carbocycles. The fourth-order valence-corrected chi connectivity index (χ4v) is 1.89. The van der Waals surface area contributed by atoms with Crippen molar-refractivity contribution in [1.82, 2.24) is 4.98 Å². The number of carbonyl (C=O) groups is 2. The maximum absolute atomic E-state index is 11.8. The number of ketones is 1. The SMILES string of the molecule is CC(C)C(=O)Cc1cccc(NC(=O)OCc2ccccc2)n1. The van der Waals surface area contributed by atoms with Crippen molar-refractivity contribution in [3.8, 4) is 0 Å². The van der Waals surface area contributed by atoms with Gasteiger partial charge in [0.2, 0.25) is 0 Å². The molecule has 0 aliphatic rings. The van der Waals surface area contributed by atoms with Gasteiger partial charge in [0, 0.05) is 12.3 Å². The van der Waals surface area contributed by atoms with Gasteiger partial charge in [-0.3, -0.25) is 10.1 Å². The van der Waals surface area contributed by atoms with Crippen molar-refractivity contribution in [2.75, 3.05) is 5.32 Å². The van der Waals surface area contributed by atoms with E-state index in [1.807, 2.05) is 44.2 Å². The molecule has 1 amide bonds. The van der Waals surface area contributed by atoms with Crippen molar-refractivity contribution in [1.29, 1.82) is 0 Å². The zero-order chi connectivity index (χ0) is 16.7. The molecule has 23 heavy (non-hydrogen) atoms. The Labute approximate surface area is 135 Å². The van der Waals surface area contributed by atoms with Crippen LogP contribution < -0.4 is 5.32 Å². The summed E-state index contributed by atoms with van der Waals surface area (Å²) >= 11 is 0. The van der Waals surface area contributed by atoms with Gasteiger partial charge in [-0.1, -0.05) is 50.2 Å². The van der Waals surface area contributed by atoms with Gasteiger partial charge >= 0.3 is 6.09 Å². The molecule has 0 unspecified atom stereocenters. The molecule has 0 saturated heterocycles. The van der Waals surface area contributed by atoms with E-state index in [2.05, 4.69) is 10.3 Å². The number of Topliss-reactive ketones (excluding diaryl/α,β-unsaturated/α-hetero) is 1. The van der Waals surface area contributed by atoms with Crippen LogP contribution in [0.2, 0.25) is 0 Å². The second-order valence-corrected chi connectivity index (χ2v) is 5.50. The van der Waals surface area contributed by atoms with E-state index in [1.54, 1.807) is 18.2 Å². The molecule has 5 nitrogen and oxygen atoms in total. The predicted molar refractivity (Wildman–Crippen MR) is 88.0 cm³/mol. The van der Waals surface area contributed by atoms with Crippen LogP contribution in [0.15, 0.2) is 48.5 Å². The van der Waals surface area contributed by atoms with Crippen LogP contribution in [0.3, 0.4) is 0 Å². The van der Waals surface area contributed by atoms with E-state index in [0.29, 0.717) is 11.5 Å². The number of anilines is 1. The van der Waals surface area contributed by atoms with Gasteiger partial charge in [-0.2, -0.15) is 0 Å². The van der Waals surface area contributed by atoms with E-state index < -0.39 is 6.09 Å². The number of hydrogen-bond donors (Lipinski definition) is 1. The highest BCUT2D eigenvalue weighted by Gasteiger charge is 2.10. The van der Waals surface area contributed by atoms with Crippen LogP contribution in [-0.4, -0.2) is 16.9 Å². The fourth-order valence-electron chi connectivity index (χ4n) is 1.89. The summed E-state index contributed by atoms with van der Waals surface area (Å²) in [6.07, 6.45) is -0.319. The highest BCUT2D eigenvalue weighted by Crippen LogP contribution is 2.09. The third kappa shape index (κ3) is 5.54. The monoisotopic (exact) mass is 312 g/mol. The minimum atomic E-state index is -0.575. The second-order valence-electron chi connectivity index (χ2n) is 5.50. The molecule has 2 aromatic rings. The van der Waals surface area contributed by atoms with Gasteiger partial charge in [0.1, 0.15) is 18.2 Å². The Morgan fingerprint density at radius 2 is 1.83 bits per heavy atom. The van der Waals surface area contributed by atoms with Crippen LogP contribution in [0.4, 0.5) is 10.6 Å². The van der Waals surface area contributed by atoms with Crippen LogP contribution >= 0.6 is 0 Å². The van der Waals surface area contributed by atoms with E-state index in [-0.39, 0.29) is 24.7 Å². The summed E-state index contributed by atoms with van der Waals surface area (Å²) in [5, 5.41) is 2.57. The van der Waals surface area contributed by atoms with Crippen molar-refractivity contribution < 1.29 is 14.3 Å². The number of aromatic nitrogens is 1. The summed E-state index contributed by atoms with van der Waals surface area (Å²) < 4.78 is 5.13. The van der Waals surface area contributed by atoms with E-state index in [0.717, 1.165) is 5.56 Å². The average molecular weight is 312 g/mol. The molecule has 0 fully saturated rings. The second kappa shape index (κ2) is 8.08. The summed E-state index contributed by atoms with van der Waals surface area (Å²) in [5.41, 5.74) is 1.54. The van der Waals surface area contributed by atoms with Crippen LogP contribution in [0.25, 0.3) is 0 Å². The summed E-state index contributed by atoms with van der Waals surface area (Å²) in [6, 6.07) is 14.6. The third-order valence-corrected chi connectivity index (χ3v) is 3.25. The van der Waals surface area contributed by atoms with Gasteiger partial charge in [0.25, 0.3) is 0 Å². The van der Waals surface area contributed by atoms with Crippen LogP contribution in [0, 0.1) is 5.92 Å². The number of ether oxygens (including phenoxy) is 1. The first-order valence-electron chi connectivity index (χ1n) is 7.51. The Morgan fingerprint density at radius 1 is 1.09 bits per heavy atom. The highest BCUT2D eigenvalue weighted by atomic mass is 16.5. The molecule has 1 aromatic heterocycles. The molecule has 0 aliphatic heterocycles. The first-order valence-corrected chi connectivity index (χ1v) is 7.51. The smallest absolute Gasteiger partial charge is 0.413 e. The average Bonchev–Trinajstić information content (AvgIpc) is 2.54. The van der Waals surface area contributed by atoms with Gasteiger partial charge in [0.15, 0.2) is 0 Å². The van der Waals surface area contributed by atoms with E-state index >= 15 is 0 Å². The molecule has 1 aromatic carbocycles. The van der Waals surface area contributed by atoms with Crippen molar-refractivity contribution in [3.05, 3.63) is 59.8 Å². The van der Waals surface area contributed by atoms with Crippen LogP contribution in [-0.2, 0) is 22.6 Å². The van der Waals surface area contributed by atoms with Crippen LogP contribution in [0.1, 0.15) is 25.1 Å². The zero-order valence-corrected chi connectivity index (χ0v) is 13.3. The number of pyridine rings is 1. The van der Waals surface area contributed by atoms with Crippen LogP contribution in [0.5, 0.6) is 0 Å². The first kappa shape index (κ1) is 16.7. The maximum atomic E-state index is 11.8. The minimum Gasteiger partial charge on any atom is -0.444 e. The number of hydrogen-bond acceptors (Lipinski definition) is 4. The normalized spacial score (nSPS) is 10.4. The lowest BCUT2D eigenvalue weighted by Gasteiger charge is -2.08. The summed E-state index contributed by atoms with van der Waals surface area (Å²) in [4.78, 5) is 27.8. The zero-order valence-electron chi connectivity index (χ0n) is 13.3. The fraction of sp³-hybridized carbons (Fsp3) is 0.278. The Kier molecular flexibility index (Phi) is 5.86. The number of nitrogens with zero attached hydrogens (tertiary/aromatic N) is 1. The van der Waals surface area contributed by atoms with Crippen molar-refractivity contribution in [2.45, 2.75) is 26.9 Å². The van der Waals surface area contributed by atoms with Gasteiger partial charge in [-0.25, -0.2) is 9.78 Å². The standard InChI is InChI=1S/C18H20N2O3/c1-13(2)16(21)11-15-9-6-10-17(19-15)20-18(22)23-12-14-7-4-3-5-8-14/h3-10,13H,11-12H2,1-2H3,(H,19,20,22).